The molecule has 1 N–H and O–H groups in total. The van der Waals surface area contributed by atoms with Crippen molar-refractivity contribution in [3.05, 3.63) is 70.6 Å². The molecule has 0 unspecified atom stereocenters. The molecule has 0 radical (unpaired) electrons. The first-order valence-corrected chi connectivity index (χ1v) is 7.11. The van der Waals surface area contributed by atoms with Crippen LogP contribution in [0.2, 0.25) is 0 Å². The Morgan fingerprint density at radius 2 is 1.87 bits per heavy atom. The average molecular weight is 309 g/mol. The summed E-state index contributed by atoms with van der Waals surface area (Å²) in [6.45, 7) is 0. The van der Waals surface area contributed by atoms with Gasteiger partial charge in [-0.1, -0.05) is 18.2 Å². The Bertz CT molecular complexity index is 897. The third-order valence-electron chi connectivity index (χ3n) is 3.46. The number of anilines is 1. The molecule has 5 nitrogen and oxygen atoms in total. The molecule has 0 aliphatic heterocycles. The van der Waals surface area contributed by atoms with Crippen LogP contribution in [0.1, 0.15) is 5.56 Å². The van der Waals surface area contributed by atoms with Crippen molar-refractivity contribution in [3.63, 3.8) is 0 Å². The fourth-order valence-corrected chi connectivity index (χ4v) is 2.38. The lowest BCUT2D eigenvalue weighted by atomic mass is 10.1. The molecule has 0 aliphatic carbocycles. The van der Waals surface area contributed by atoms with E-state index in [0.717, 1.165) is 11.1 Å². The number of benzene rings is 2. The largest absolute Gasteiger partial charge is 0.497 e. The van der Waals surface area contributed by atoms with Gasteiger partial charge in [0.25, 0.3) is 0 Å². The van der Waals surface area contributed by atoms with Crippen LogP contribution in [0.5, 0.6) is 5.75 Å². The molecular formula is C18H15NO4. The van der Waals surface area contributed by atoms with E-state index in [-0.39, 0.29) is 12.3 Å². The van der Waals surface area contributed by atoms with Crippen LogP contribution >= 0.6 is 0 Å². The van der Waals surface area contributed by atoms with E-state index in [1.165, 1.54) is 6.07 Å². The van der Waals surface area contributed by atoms with Gasteiger partial charge in [-0.15, -0.1) is 0 Å². The van der Waals surface area contributed by atoms with Crippen molar-refractivity contribution in [2.45, 2.75) is 6.42 Å². The van der Waals surface area contributed by atoms with E-state index >= 15 is 0 Å². The summed E-state index contributed by atoms with van der Waals surface area (Å²) < 4.78 is 10.2. The number of ether oxygens (including phenoxy) is 1. The zero-order valence-corrected chi connectivity index (χ0v) is 12.5. The van der Waals surface area contributed by atoms with Crippen LogP contribution in [-0.2, 0) is 11.2 Å². The predicted octanol–water partition coefficient (Wildman–Crippen LogP) is 2.98. The van der Waals surface area contributed by atoms with Gasteiger partial charge in [0.15, 0.2) is 0 Å². The van der Waals surface area contributed by atoms with Gasteiger partial charge in [-0.2, -0.15) is 0 Å². The van der Waals surface area contributed by atoms with Gasteiger partial charge in [0.05, 0.1) is 13.5 Å². The lowest BCUT2D eigenvalue weighted by Crippen LogP contribution is -2.15. The highest BCUT2D eigenvalue weighted by Crippen LogP contribution is 2.18. The molecule has 1 heterocycles. The summed E-state index contributed by atoms with van der Waals surface area (Å²) in [5, 5.41) is 3.56. The molecule has 23 heavy (non-hydrogen) atoms. The molecular weight excluding hydrogens is 294 g/mol. The van der Waals surface area contributed by atoms with Gasteiger partial charge < -0.3 is 14.5 Å². The van der Waals surface area contributed by atoms with E-state index < -0.39 is 5.63 Å². The summed E-state index contributed by atoms with van der Waals surface area (Å²) in [6, 6.07) is 15.6. The van der Waals surface area contributed by atoms with Gasteiger partial charge in [-0.25, -0.2) is 4.79 Å². The third kappa shape index (κ3) is 3.40. The quantitative estimate of drug-likeness (QED) is 0.752. The number of hydrogen-bond acceptors (Lipinski definition) is 4. The molecule has 5 heteroatoms. The van der Waals surface area contributed by atoms with E-state index in [1.807, 2.05) is 12.1 Å². The van der Waals surface area contributed by atoms with Crippen molar-refractivity contribution in [2.75, 3.05) is 12.4 Å². The highest BCUT2D eigenvalue weighted by Gasteiger charge is 2.10. The molecule has 0 fully saturated rings. The zero-order valence-electron chi connectivity index (χ0n) is 12.5. The summed E-state index contributed by atoms with van der Waals surface area (Å²) in [5.41, 5.74) is 1.33. The van der Waals surface area contributed by atoms with Crippen molar-refractivity contribution < 1.29 is 13.9 Å². The fourth-order valence-electron chi connectivity index (χ4n) is 2.38. The van der Waals surface area contributed by atoms with Gasteiger partial charge in [-0.05, 0) is 35.9 Å². The van der Waals surface area contributed by atoms with Gasteiger partial charge in [0.1, 0.15) is 11.3 Å². The first-order valence-electron chi connectivity index (χ1n) is 7.11. The predicted molar refractivity (Wildman–Crippen MR) is 87.8 cm³/mol. The van der Waals surface area contributed by atoms with Crippen LogP contribution < -0.4 is 15.7 Å². The number of fused-ring (bicyclic) bond motifs is 1. The van der Waals surface area contributed by atoms with Crippen LogP contribution in [0.4, 0.5) is 5.69 Å². The summed E-state index contributed by atoms with van der Waals surface area (Å²) in [4.78, 5) is 23.8. The van der Waals surface area contributed by atoms with Crippen LogP contribution in [0, 0.1) is 0 Å². The van der Waals surface area contributed by atoms with Gasteiger partial charge >= 0.3 is 5.63 Å². The fraction of sp³-hybridized carbons (Fsp3) is 0.111. The molecule has 1 aromatic heterocycles. The molecule has 0 saturated heterocycles. The van der Waals surface area contributed by atoms with Crippen molar-refractivity contribution in [1.82, 2.24) is 0 Å². The molecule has 2 aromatic carbocycles. The number of hydrogen-bond donors (Lipinski definition) is 1. The monoisotopic (exact) mass is 309 g/mol. The minimum Gasteiger partial charge on any atom is -0.497 e. The maximum atomic E-state index is 12.2. The Kier molecular flexibility index (Phi) is 4.10. The van der Waals surface area contributed by atoms with Crippen LogP contribution in [0.25, 0.3) is 11.0 Å². The van der Waals surface area contributed by atoms with Crippen LogP contribution in [-0.4, -0.2) is 13.0 Å². The molecule has 116 valence electrons. The first-order chi connectivity index (χ1) is 11.2. The minimum absolute atomic E-state index is 0.0954. The molecule has 3 aromatic rings. The highest BCUT2D eigenvalue weighted by atomic mass is 16.5. The van der Waals surface area contributed by atoms with Crippen LogP contribution in [0.3, 0.4) is 0 Å². The van der Waals surface area contributed by atoms with Crippen molar-refractivity contribution >= 4 is 22.6 Å². The number of nitrogens with one attached hydrogen (secondary N) is 1. The zero-order chi connectivity index (χ0) is 16.2. The highest BCUT2D eigenvalue weighted by molar-refractivity contribution is 5.95. The topological polar surface area (TPSA) is 68.5 Å². The Morgan fingerprint density at radius 1 is 1.13 bits per heavy atom. The van der Waals surface area contributed by atoms with Gasteiger partial charge in [0, 0.05) is 17.1 Å². The molecule has 0 bridgehead atoms. The standard InChI is InChI=1S/C18H15NO4/c1-22-14-8-6-13(7-9-14)19-17(20)10-12-11-18(21)23-16-5-3-2-4-15(12)16/h2-9,11H,10H2,1H3,(H,19,20). The maximum Gasteiger partial charge on any atom is 0.336 e. The van der Waals surface area contributed by atoms with E-state index in [4.69, 9.17) is 9.15 Å². The van der Waals surface area contributed by atoms with Crippen LogP contribution in [0.15, 0.2) is 63.8 Å². The third-order valence-corrected chi connectivity index (χ3v) is 3.46. The van der Waals surface area contributed by atoms with E-state index in [9.17, 15) is 9.59 Å². The Morgan fingerprint density at radius 3 is 2.61 bits per heavy atom. The second-order valence-corrected chi connectivity index (χ2v) is 5.04. The SMILES string of the molecule is COc1ccc(NC(=O)Cc2cc(=O)oc3ccccc23)cc1. The Balaban J connectivity index is 1.81. The number of carbonyl (C=O) groups excluding carboxylic acids is 1. The summed E-state index contributed by atoms with van der Waals surface area (Å²) >= 11 is 0. The number of amides is 1. The number of rotatable bonds is 4. The maximum absolute atomic E-state index is 12.2. The van der Waals surface area contributed by atoms with Gasteiger partial charge in [0.2, 0.25) is 5.91 Å². The van der Waals surface area contributed by atoms with Crippen molar-refractivity contribution in [3.8, 4) is 5.75 Å². The second kappa shape index (κ2) is 6.36. The average Bonchev–Trinajstić information content (AvgIpc) is 2.55. The summed E-state index contributed by atoms with van der Waals surface area (Å²) in [5.74, 6) is 0.514. The van der Waals surface area contributed by atoms with E-state index in [0.29, 0.717) is 16.8 Å². The molecule has 1 amide bonds. The Labute approximate surface area is 132 Å². The first kappa shape index (κ1) is 14.8. The lowest BCUT2D eigenvalue weighted by molar-refractivity contribution is -0.115. The molecule has 0 aliphatic rings. The minimum atomic E-state index is -0.462. The molecule has 0 atom stereocenters. The smallest absolute Gasteiger partial charge is 0.336 e. The van der Waals surface area contributed by atoms with Gasteiger partial charge in [-0.3, -0.25) is 4.79 Å². The molecule has 3 rings (SSSR count). The van der Waals surface area contributed by atoms with Crippen molar-refractivity contribution in [2.24, 2.45) is 0 Å². The Hall–Kier alpha value is -3.08. The normalized spacial score (nSPS) is 10.5. The van der Waals surface area contributed by atoms with Crippen molar-refractivity contribution in [1.29, 1.82) is 0 Å². The number of carbonyl (C=O) groups is 1. The molecule has 0 spiro atoms. The number of para-hydroxylation sites is 1. The second-order valence-electron chi connectivity index (χ2n) is 5.04. The summed E-state index contributed by atoms with van der Waals surface area (Å²) in [7, 11) is 1.58. The summed E-state index contributed by atoms with van der Waals surface area (Å²) in [6.07, 6.45) is 0.0954. The molecule has 0 saturated carbocycles. The number of methoxy groups -OCH3 is 1. The van der Waals surface area contributed by atoms with E-state index in [1.54, 1.807) is 43.5 Å². The lowest BCUT2D eigenvalue weighted by Gasteiger charge is -2.08. The van der Waals surface area contributed by atoms with E-state index in [2.05, 4.69) is 5.32 Å².